The van der Waals surface area contributed by atoms with Gasteiger partial charge in [0.1, 0.15) is 6.10 Å². The molecule has 3 atom stereocenters. The molecule has 1 aliphatic heterocycles. The highest BCUT2D eigenvalue weighted by Gasteiger charge is 2.28. The molecular formula is C8H16O3. The summed E-state index contributed by atoms with van der Waals surface area (Å²) in [5, 5.41) is 0. The van der Waals surface area contributed by atoms with Crippen LogP contribution in [0.2, 0.25) is 0 Å². The molecule has 0 radical (unpaired) electrons. The molecule has 1 heterocycles. The summed E-state index contributed by atoms with van der Waals surface area (Å²) in [6.45, 7) is 2.70. The van der Waals surface area contributed by atoms with Crippen molar-refractivity contribution in [3.05, 3.63) is 0 Å². The van der Waals surface area contributed by atoms with Gasteiger partial charge in [0.15, 0.2) is 0 Å². The van der Waals surface area contributed by atoms with Crippen LogP contribution in [0.25, 0.3) is 0 Å². The molecule has 3 nitrogen and oxygen atoms in total. The molecule has 0 aromatic heterocycles. The van der Waals surface area contributed by atoms with Crippen LogP contribution in [0.15, 0.2) is 0 Å². The number of hydrogen-bond donors (Lipinski definition) is 0. The highest BCUT2D eigenvalue weighted by molar-refractivity contribution is 4.77. The van der Waals surface area contributed by atoms with E-state index in [2.05, 4.69) is 6.92 Å². The van der Waals surface area contributed by atoms with E-state index in [9.17, 15) is 0 Å². The fraction of sp³-hybridized carbons (Fsp3) is 1.00. The van der Waals surface area contributed by atoms with E-state index in [0.29, 0.717) is 12.7 Å². The van der Waals surface area contributed by atoms with Crippen LogP contribution >= 0.6 is 0 Å². The second-order valence-electron chi connectivity index (χ2n) is 2.93. The zero-order valence-corrected chi connectivity index (χ0v) is 7.37. The average Bonchev–Trinajstić information content (AvgIpc) is 2.04. The number of ether oxygens (including phenoxy) is 3. The Morgan fingerprint density at radius 1 is 1.18 bits per heavy atom. The van der Waals surface area contributed by atoms with E-state index in [1.54, 1.807) is 14.2 Å². The summed E-state index contributed by atoms with van der Waals surface area (Å²) in [5.74, 6) is 0. The molecule has 0 spiro atoms. The summed E-state index contributed by atoms with van der Waals surface area (Å²) in [7, 11) is 3.41. The Morgan fingerprint density at radius 2 is 1.82 bits per heavy atom. The fourth-order valence-electron chi connectivity index (χ4n) is 1.38. The minimum Gasteiger partial charge on any atom is -0.379 e. The zero-order valence-electron chi connectivity index (χ0n) is 7.37. The third-order valence-electron chi connectivity index (χ3n) is 2.13. The zero-order chi connectivity index (χ0) is 8.27. The maximum absolute atomic E-state index is 5.41. The van der Waals surface area contributed by atoms with E-state index in [1.807, 2.05) is 0 Å². The summed E-state index contributed by atoms with van der Waals surface area (Å²) in [4.78, 5) is 0. The summed E-state index contributed by atoms with van der Waals surface area (Å²) >= 11 is 0. The summed E-state index contributed by atoms with van der Waals surface area (Å²) in [6, 6.07) is 0. The van der Waals surface area contributed by atoms with Gasteiger partial charge in [-0.15, -0.1) is 0 Å². The third-order valence-corrected chi connectivity index (χ3v) is 2.13. The maximum Gasteiger partial charge on any atom is 0.107 e. The van der Waals surface area contributed by atoms with Crippen molar-refractivity contribution in [3.63, 3.8) is 0 Å². The van der Waals surface area contributed by atoms with Crippen molar-refractivity contribution in [2.45, 2.75) is 31.7 Å². The van der Waals surface area contributed by atoms with Crippen LogP contribution in [0.4, 0.5) is 0 Å². The molecule has 0 aliphatic carbocycles. The van der Waals surface area contributed by atoms with Gasteiger partial charge in [-0.2, -0.15) is 0 Å². The first-order valence-electron chi connectivity index (χ1n) is 3.95. The second kappa shape index (κ2) is 4.04. The van der Waals surface area contributed by atoms with Crippen molar-refractivity contribution in [2.24, 2.45) is 0 Å². The van der Waals surface area contributed by atoms with Crippen molar-refractivity contribution in [3.8, 4) is 0 Å². The molecule has 0 bridgehead atoms. The molecule has 1 saturated heterocycles. The van der Waals surface area contributed by atoms with E-state index >= 15 is 0 Å². The molecule has 0 saturated carbocycles. The van der Waals surface area contributed by atoms with E-state index in [1.165, 1.54) is 0 Å². The van der Waals surface area contributed by atoms with Crippen LogP contribution in [-0.2, 0) is 14.2 Å². The standard InChI is InChI=1S/C8H16O3/c1-6-4-7(9-2)8(10-3)5-11-6/h6-8H,4-5H2,1-3H3/t6-,7-,8-/m1/s1. The van der Waals surface area contributed by atoms with E-state index in [4.69, 9.17) is 14.2 Å². The van der Waals surface area contributed by atoms with Crippen molar-refractivity contribution in [2.75, 3.05) is 20.8 Å². The van der Waals surface area contributed by atoms with Crippen molar-refractivity contribution >= 4 is 0 Å². The van der Waals surface area contributed by atoms with Gasteiger partial charge in [-0.05, 0) is 6.92 Å². The second-order valence-corrected chi connectivity index (χ2v) is 2.93. The first-order chi connectivity index (χ1) is 5.27. The minimum absolute atomic E-state index is 0.108. The highest BCUT2D eigenvalue weighted by atomic mass is 16.6. The summed E-state index contributed by atoms with van der Waals surface area (Å²) in [5.41, 5.74) is 0. The van der Waals surface area contributed by atoms with Crippen LogP contribution < -0.4 is 0 Å². The fourth-order valence-corrected chi connectivity index (χ4v) is 1.38. The Labute approximate surface area is 67.6 Å². The van der Waals surface area contributed by atoms with Gasteiger partial charge < -0.3 is 14.2 Å². The van der Waals surface area contributed by atoms with Gasteiger partial charge in [0.2, 0.25) is 0 Å². The topological polar surface area (TPSA) is 27.7 Å². The normalized spacial score (nSPS) is 39.0. The lowest BCUT2D eigenvalue weighted by molar-refractivity contribution is -0.139. The lowest BCUT2D eigenvalue weighted by Crippen LogP contribution is -2.42. The van der Waals surface area contributed by atoms with Crippen molar-refractivity contribution in [1.29, 1.82) is 0 Å². The van der Waals surface area contributed by atoms with Gasteiger partial charge in [0, 0.05) is 20.6 Å². The predicted molar refractivity (Wildman–Crippen MR) is 41.6 cm³/mol. The molecule has 1 fully saturated rings. The Morgan fingerprint density at radius 3 is 2.36 bits per heavy atom. The molecule has 0 unspecified atom stereocenters. The van der Waals surface area contributed by atoms with Crippen LogP contribution in [0.5, 0.6) is 0 Å². The van der Waals surface area contributed by atoms with Crippen LogP contribution in [-0.4, -0.2) is 39.1 Å². The lowest BCUT2D eigenvalue weighted by atomic mass is 10.0. The lowest BCUT2D eigenvalue weighted by Gasteiger charge is -2.32. The molecule has 0 aromatic rings. The number of hydrogen-bond acceptors (Lipinski definition) is 3. The number of methoxy groups -OCH3 is 2. The number of rotatable bonds is 2. The SMILES string of the molecule is CO[C@@H]1CO[C@H](C)C[C@H]1OC. The first-order valence-corrected chi connectivity index (χ1v) is 3.95. The highest BCUT2D eigenvalue weighted by Crippen LogP contribution is 2.18. The maximum atomic E-state index is 5.41. The molecule has 1 rings (SSSR count). The molecule has 1 aliphatic rings. The van der Waals surface area contributed by atoms with E-state index in [-0.39, 0.29) is 12.2 Å². The predicted octanol–water partition coefficient (Wildman–Crippen LogP) is 0.825. The molecule has 0 N–H and O–H groups in total. The van der Waals surface area contributed by atoms with Crippen LogP contribution in [0.3, 0.4) is 0 Å². The van der Waals surface area contributed by atoms with Gasteiger partial charge in [-0.1, -0.05) is 0 Å². The summed E-state index contributed by atoms with van der Waals surface area (Å²) < 4.78 is 15.9. The van der Waals surface area contributed by atoms with Crippen LogP contribution in [0.1, 0.15) is 13.3 Å². The van der Waals surface area contributed by atoms with E-state index < -0.39 is 0 Å². The third kappa shape index (κ3) is 2.15. The molecule has 0 amide bonds. The van der Waals surface area contributed by atoms with Gasteiger partial charge in [0.05, 0.1) is 18.8 Å². The first kappa shape index (κ1) is 8.97. The molecule has 0 aromatic carbocycles. The smallest absolute Gasteiger partial charge is 0.107 e. The molecule has 3 heteroatoms. The van der Waals surface area contributed by atoms with Crippen molar-refractivity contribution < 1.29 is 14.2 Å². The van der Waals surface area contributed by atoms with Crippen molar-refractivity contribution in [1.82, 2.24) is 0 Å². The van der Waals surface area contributed by atoms with Gasteiger partial charge in [-0.25, -0.2) is 0 Å². The molecule has 66 valence electrons. The Hall–Kier alpha value is -0.120. The molecular weight excluding hydrogens is 144 g/mol. The largest absolute Gasteiger partial charge is 0.379 e. The van der Waals surface area contributed by atoms with Crippen LogP contribution in [0, 0.1) is 0 Å². The molecule has 11 heavy (non-hydrogen) atoms. The summed E-state index contributed by atoms with van der Waals surface area (Å²) in [6.07, 6.45) is 1.53. The van der Waals surface area contributed by atoms with E-state index in [0.717, 1.165) is 6.42 Å². The Balaban J connectivity index is 2.41. The quantitative estimate of drug-likeness (QED) is 0.598. The Kier molecular flexibility index (Phi) is 3.30. The van der Waals surface area contributed by atoms with Gasteiger partial charge in [0.25, 0.3) is 0 Å². The Bertz CT molecular complexity index is 116. The van der Waals surface area contributed by atoms with Gasteiger partial charge >= 0.3 is 0 Å². The minimum atomic E-state index is 0.108. The van der Waals surface area contributed by atoms with Gasteiger partial charge in [-0.3, -0.25) is 0 Å². The monoisotopic (exact) mass is 160 g/mol. The average molecular weight is 160 g/mol.